The van der Waals surface area contributed by atoms with Crippen molar-refractivity contribution in [3.8, 4) is 0 Å². The highest BCUT2D eigenvalue weighted by Gasteiger charge is 2.21. The third-order valence-corrected chi connectivity index (χ3v) is 2.84. The van der Waals surface area contributed by atoms with Crippen molar-refractivity contribution < 1.29 is 4.74 Å². The molecule has 84 valence electrons. The van der Waals surface area contributed by atoms with Gasteiger partial charge in [0.1, 0.15) is 0 Å². The Morgan fingerprint density at radius 3 is 2.93 bits per heavy atom. The lowest BCUT2D eigenvalue weighted by atomic mass is 10.1. The average Bonchev–Trinajstić information content (AvgIpc) is 2.17. The fourth-order valence-electron chi connectivity index (χ4n) is 1.87. The van der Waals surface area contributed by atoms with Crippen LogP contribution in [0.5, 0.6) is 0 Å². The van der Waals surface area contributed by atoms with Crippen molar-refractivity contribution in [1.29, 1.82) is 0 Å². The summed E-state index contributed by atoms with van der Waals surface area (Å²) in [5.74, 6) is 0.788. The van der Waals surface area contributed by atoms with Gasteiger partial charge in [0.25, 0.3) is 0 Å². The minimum Gasteiger partial charge on any atom is -0.378 e. The number of nitrogens with zero attached hydrogens (tertiary/aromatic N) is 1. The summed E-state index contributed by atoms with van der Waals surface area (Å²) < 4.78 is 5.47. The molecule has 0 saturated carbocycles. The molecule has 14 heavy (non-hydrogen) atoms. The number of hydrogen-bond donors (Lipinski definition) is 1. The lowest BCUT2D eigenvalue weighted by Gasteiger charge is -2.35. The molecule has 1 aliphatic rings. The Morgan fingerprint density at radius 2 is 2.29 bits per heavy atom. The summed E-state index contributed by atoms with van der Waals surface area (Å²) in [6.07, 6.45) is 2.35. The monoisotopic (exact) mass is 200 g/mol. The van der Waals surface area contributed by atoms with Crippen LogP contribution in [0.25, 0.3) is 0 Å². The highest BCUT2D eigenvalue weighted by molar-refractivity contribution is 4.75. The molecule has 1 atom stereocenters. The first-order valence-electron chi connectivity index (χ1n) is 5.76. The first-order valence-corrected chi connectivity index (χ1v) is 5.76. The first kappa shape index (κ1) is 12.0. The second kappa shape index (κ2) is 6.38. The summed E-state index contributed by atoms with van der Waals surface area (Å²) in [6.45, 7) is 9.36. The average molecular weight is 200 g/mol. The molecule has 0 bridgehead atoms. The third-order valence-electron chi connectivity index (χ3n) is 2.84. The van der Waals surface area contributed by atoms with Gasteiger partial charge < -0.3 is 10.5 Å². The van der Waals surface area contributed by atoms with Crippen molar-refractivity contribution in [3.63, 3.8) is 0 Å². The van der Waals surface area contributed by atoms with Crippen LogP contribution in [-0.4, -0.2) is 43.8 Å². The molecule has 1 aliphatic heterocycles. The van der Waals surface area contributed by atoms with Crippen molar-refractivity contribution in [2.24, 2.45) is 11.7 Å². The van der Waals surface area contributed by atoms with E-state index in [1.807, 2.05) is 0 Å². The molecule has 0 aromatic heterocycles. The van der Waals surface area contributed by atoms with E-state index < -0.39 is 0 Å². The lowest BCUT2D eigenvalue weighted by molar-refractivity contribution is -0.0111. The van der Waals surface area contributed by atoms with Gasteiger partial charge >= 0.3 is 0 Å². The summed E-state index contributed by atoms with van der Waals surface area (Å²) in [6, 6.07) is 0.562. The van der Waals surface area contributed by atoms with Crippen molar-refractivity contribution in [2.45, 2.75) is 32.7 Å². The van der Waals surface area contributed by atoms with E-state index in [-0.39, 0.29) is 0 Å². The van der Waals surface area contributed by atoms with Crippen LogP contribution in [0.4, 0.5) is 0 Å². The molecule has 0 amide bonds. The molecule has 0 radical (unpaired) electrons. The molecule has 3 nitrogen and oxygen atoms in total. The van der Waals surface area contributed by atoms with Crippen LogP contribution in [0, 0.1) is 5.92 Å². The molecule has 0 aromatic rings. The van der Waals surface area contributed by atoms with Gasteiger partial charge in [-0.1, -0.05) is 13.8 Å². The molecule has 1 fully saturated rings. The molecule has 0 aromatic carbocycles. The van der Waals surface area contributed by atoms with E-state index in [0.29, 0.717) is 6.04 Å². The molecule has 1 heterocycles. The smallest absolute Gasteiger partial charge is 0.0622 e. The van der Waals surface area contributed by atoms with E-state index in [4.69, 9.17) is 10.5 Å². The Balaban J connectivity index is 2.30. The first-order chi connectivity index (χ1) is 6.74. The molecule has 1 unspecified atom stereocenters. The predicted molar refractivity (Wildman–Crippen MR) is 59.3 cm³/mol. The van der Waals surface area contributed by atoms with Crippen molar-refractivity contribution >= 4 is 0 Å². The Hall–Kier alpha value is -0.120. The zero-order chi connectivity index (χ0) is 10.4. The van der Waals surface area contributed by atoms with E-state index in [0.717, 1.165) is 38.6 Å². The summed E-state index contributed by atoms with van der Waals surface area (Å²) in [5, 5.41) is 0. The van der Waals surface area contributed by atoms with Crippen LogP contribution in [0.1, 0.15) is 26.7 Å². The van der Waals surface area contributed by atoms with E-state index in [1.165, 1.54) is 13.0 Å². The normalized spacial score (nSPS) is 24.4. The molecule has 3 heteroatoms. The molecule has 1 rings (SSSR count). The minimum absolute atomic E-state index is 0.562. The second-order valence-corrected chi connectivity index (χ2v) is 4.52. The maximum atomic E-state index is 5.60. The van der Waals surface area contributed by atoms with Crippen molar-refractivity contribution in [1.82, 2.24) is 4.90 Å². The zero-order valence-corrected chi connectivity index (χ0v) is 9.54. The maximum absolute atomic E-state index is 5.60. The summed E-state index contributed by atoms with van der Waals surface area (Å²) in [7, 11) is 0. The fraction of sp³-hybridized carbons (Fsp3) is 1.00. The van der Waals surface area contributed by atoms with E-state index in [9.17, 15) is 0 Å². The lowest BCUT2D eigenvalue weighted by Crippen LogP contribution is -2.46. The van der Waals surface area contributed by atoms with Crippen LogP contribution in [0.15, 0.2) is 0 Å². The van der Waals surface area contributed by atoms with Gasteiger partial charge in [0, 0.05) is 12.6 Å². The zero-order valence-electron chi connectivity index (χ0n) is 9.54. The number of rotatable bonds is 5. The van der Waals surface area contributed by atoms with Gasteiger partial charge in [0.05, 0.1) is 13.2 Å². The second-order valence-electron chi connectivity index (χ2n) is 4.52. The van der Waals surface area contributed by atoms with Crippen molar-refractivity contribution in [3.05, 3.63) is 0 Å². The third kappa shape index (κ3) is 3.95. The molecule has 2 N–H and O–H groups in total. The van der Waals surface area contributed by atoms with Crippen LogP contribution in [0.3, 0.4) is 0 Å². The van der Waals surface area contributed by atoms with Gasteiger partial charge in [0.2, 0.25) is 0 Å². The molecular formula is C11H24N2O. The number of morpholine rings is 1. The Morgan fingerprint density at radius 1 is 1.50 bits per heavy atom. The largest absolute Gasteiger partial charge is 0.378 e. The molecule has 1 saturated heterocycles. The minimum atomic E-state index is 0.562. The maximum Gasteiger partial charge on any atom is 0.0622 e. The molecule has 0 spiro atoms. The van der Waals surface area contributed by atoms with E-state index in [1.54, 1.807) is 0 Å². The molecular weight excluding hydrogens is 176 g/mol. The Bertz CT molecular complexity index is 148. The van der Waals surface area contributed by atoms with Gasteiger partial charge in [-0.05, 0) is 31.8 Å². The number of ether oxygens (including phenoxy) is 1. The quantitative estimate of drug-likeness (QED) is 0.722. The standard InChI is InChI=1S/C11H24N2O/c1-10(2)4-6-13-7-8-14-9-11(13)3-5-12/h10-11H,3-9,12H2,1-2H3. The Kier molecular flexibility index (Phi) is 5.45. The highest BCUT2D eigenvalue weighted by atomic mass is 16.5. The van der Waals surface area contributed by atoms with Gasteiger partial charge in [-0.15, -0.1) is 0 Å². The van der Waals surface area contributed by atoms with Crippen LogP contribution < -0.4 is 5.73 Å². The predicted octanol–water partition coefficient (Wildman–Crippen LogP) is 1.08. The Labute approximate surface area is 87.6 Å². The van der Waals surface area contributed by atoms with E-state index >= 15 is 0 Å². The van der Waals surface area contributed by atoms with Crippen LogP contribution >= 0.6 is 0 Å². The molecule has 0 aliphatic carbocycles. The van der Waals surface area contributed by atoms with Gasteiger partial charge in [-0.3, -0.25) is 4.90 Å². The van der Waals surface area contributed by atoms with Gasteiger partial charge in [-0.25, -0.2) is 0 Å². The van der Waals surface area contributed by atoms with Crippen LogP contribution in [-0.2, 0) is 4.74 Å². The summed E-state index contributed by atoms with van der Waals surface area (Å²) in [4.78, 5) is 2.54. The van der Waals surface area contributed by atoms with Gasteiger partial charge in [0.15, 0.2) is 0 Å². The SMILES string of the molecule is CC(C)CCN1CCOCC1CCN. The topological polar surface area (TPSA) is 38.5 Å². The summed E-state index contributed by atoms with van der Waals surface area (Å²) in [5.41, 5.74) is 5.60. The number of nitrogens with two attached hydrogens (primary N) is 1. The van der Waals surface area contributed by atoms with Crippen LogP contribution in [0.2, 0.25) is 0 Å². The summed E-state index contributed by atoms with van der Waals surface area (Å²) >= 11 is 0. The number of hydrogen-bond acceptors (Lipinski definition) is 3. The van der Waals surface area contributed by atoms with Crippen molar-refractivity contribution in [2.75, 3.05) is 32.8 Å². The van der Waals surface area contributed by atoms with Gasteiger partial charge in [-0.2, -0.15) is 0 Å². The highest BCUT2D eigenvalue weighted by Crippen LogP contribution is 2.12. The van der Waals surface area contributed by atoms with E-state index in [2.05, 4.69) is 18.7 Å². The fourth-order valence-corrected chi connectivity index (χ4v) is 1.87.